The number of benzene rings is 1. The molecule has 8 heteroatoms. The molecule has 1 N–H and O–H groups in total. The van der Waals surface area contributed by atoms with E-state index in [1.165, 1.54) is 18.6 Å². The van der Waals surface area contributed by atoms with Gasteiger partial charge in [-0.05, 0) is 37.0 Å². The van der Waals surface area contributed by atoms with Crippen LogP contribution >= 0.6 is 0 Å². The molecule has 27 heavy (non-hydrogen) atoms. The standard InChI is InChI=1S/C19H25FN6O/c1-25(2)18-22-16(23-19(24-18)26-10-4-3-5-11-26)13-21-17(27)12-14-6-8-15(20)9-7-14/h6-9H,3-5,10-13H2,1-2H3,(H,21,27). The van der Waals surface area contributed by atoms with Crippen molar-refractivity contribution in [2.75, 3.05) is 37.0 Å². The number of carbonyl (C=O) groups excluding carboxylic acids is 1. The molecule has 1 amide bonds. The molecule has 0 radical (unpaired) electrons. The molecule has 2 aromatic rings. The molecule has 7 nitrogen and oxygen atoms in total. The number of rotatable bonds is 6. The van der Waals surface area contributed by atoms with Crippen molar-refractivity contribution in [2.24, 2.45) is 0 Å². The van der Waals surface area contributed by atoms with Crippen molar-refractivity contribution in [3.05, 3.63) is 41.5 Å². The molecule has 0 spiro atoms. The van der Waals surface area contributed by atoms with Crippen molar-refractivity contribution in [3.63, 3.8) is 0 Å². The van der Waals surface area contributed by atoms with Crippen LogP contribution in [0.1, 0.15) is 30.7 Å². The fraction of sp³-hybridized carbons (Fsp3) is 0.474. The number of hydrogen-bond acceptors (Lipinski definition) is 6. The van der Waals surface area contributed by atoms with Gasteiger partial charge in [-0.1, -0.05) is 12.1 Å². The average Bonchev–Trinajstić information content (AvgIpc) is 2.68. The normalized spacial score (nSPS) is 14.1. The molecular weight excluding hydrogens is 347 g/mol. The van der Waals surface area contributed by atoms with Crippen molar-refractivity contribution < 1.29 is 9.18 Å². The lowest BCUT2D eigenvalue weighted by molar-refractivity contribution is -0.120. The molecule has 1 aliphatic heterocycles. The van der Waals surface area contributed by atoms with Crippen LogP contribution in [0.25, 0.3) is 0 Å². The third-order valence-corrected chi connectivity index (χ3v) is 4.42. The summed E-state index contributed by atoms with van der Waals surface area (Å²) < 4.78 is 13.0. The van der Waals surface area contributed by atoms with E-state index in [0.29, 0.717) is 17.7 Å². The molecule has 0 unspecified atom stereocenters. The van der Waals surface area contributed by atoms with E-state index in [4.69, 9.17) is 0 Å². The van der Waals surface area contributed by atoms with E-state index in [9.17, 15) is 9.18 Å². The Morgan fingerprint density at radius 1 is 1.11 bits per heavy atom. The summed E-state index contributed by atoms with van der Waals surface area (Å²) in [5.74, 6) is 1.30. The second kappa shape index (κ2) is 8.75. The van der Waals surface area contributed by atoms with Gasteiger partial charge in [0, 0.05) is 27.2 Å². The zero-order valence-corrected chi connectivity index (χ0v) is 15.8. The van der Waals surface area contributed by atoms with Crippen molar-refractivity contribution in [3.8, 4) is 0 Å². The summed E-state index contributed by atoms with van der Waals surface area (Å²) in [4.78, 5) is 29.7. The Bertz CT molecular complexity index is 774. The van der Waals surface area contributed by atoms with Gasteiger partial charge in [-0.15, -0.1) is 0 Å². The Morgan fingerprint density at radius 3 is 2.48 bits per heavy atom. The number of amides is 1. The van der Waals surface area contributed by atoms with E-state index in [-0.39, 0.29) is 24.7 Å². The van der Waals surface area contributed by atoms with Gasteiger partial charge in [0.15, 0.2) is 5.82 Å². The summed E-state index contributed by atoms with van der Waals surface area (Å²) in [7, 11) is 3.76. The lowest BCUT2D eigenvalue weighted by atomic mass is 10.1. The maximum atomic E-state index is 13.0. The quantitative estimate of drug-likeness (QED) is 0.835. The lowest BCUT2D eigenvalue weighted by Gasteiger charge is -2.27. The van der Waals surface area contributed by atoms with E-state index in [0.717, 1.165) is 31.5 Å². The third kappa shape index (κ3) is 5.35. The van der Waals surface area contributed by atoms with Crippen LogP contribution < -0.4 is 15.1 Å². The molecule has 0 saturated carbocycles. The first-order valence-corrected chi connectivity index (χ1v) is 9.19. The predicted octanol–water partition coefficient (Wildman–Crippen LogP) is 1.93. The number of anilines is 2. The number of aromatic nitrogens is 3. The summed E-state index contributed by atoms with van der Waals surface area (Å²) >= 11 is 0. The number of piperidine rings is 1. The molecule has 0 atom stereocenters. The Morgan fingerprint density at radius 2 is 1.81 bits per heavy atom. The number of halogens is 1. The first-order valence-electron chi connectivity index (χ1n) is 9.19. The monoisotopic (exact) mass is 372 g/mol. The third-order valence-electron chi connectivity index (χ3n) is 4.42. The highest BCUT2D eigenvalue weighted by Crippen LogP contribution is 2.17. The predicted molar refractivity (Wildman–Crippen MR) is 102 cm³/mol. The second-order valence-corrected chi connectivity index (χ2v) is 6.87. The molecule has 1 aromatic carbocycles. The number of nitrogens with one attached hydrogen (secondary N) is 1. The highest BCUT2D eigenvalue weighted by molar-refractivity contribution is 5.78. The molecule has 144 valence electrons. The van der Waals surface area contributed by atoms with E-state index in [2.05, 4.69) is 25.2 Å². The van der Waals surface area contributed by atoms with Crippen LogP contribution in [0.2, 0.25) is 0 Å². The molecule has 0 aliphatic carbocycles. The minimum absolute atomic E-state index is 0.159. The van der Waals surface area contributed by atoms with Crippen LogP contribution in [0.15, 0.2) is 24.3 Å². The lowest BCUT2D eigenvalue weighted by Crippen LogP contribution is -2.33. The van der Waals surface area contributed by atoms with Gasteiger partial charge in [0.25, 0.3) is 0 Å². The van der Waals surface area contributed by atoms with Crippen molar-refractivity contribution >= 4 is 17.8 Å². The van der Waals surface area contributed by atoms with Crippen LogP contribution in [-0.4, -0.2) is 48.0 Å². The SMILES string of the molecule is CN(C)c1nc(CNC(=O)Cc2ccc(F)cc2)nc(N2CCCCC2)n1. The van der Waals surface area contributed by atoms with Gasteiger partial charge in [-0.25, -0.2) is 4.39 Å². The fourth-order valence-electron chi connectivity index (χ4n) is 2.94. The Hall–Kier alpha value is -2.77. The van der Waals surface area contributed by atoms with Crippen LogP contribution in [-0.2, 0) is 17.8 Å². The largest absolute Gasteiger partial charge is 0.349 e. The van der Waals surface area contributed by atoms with Crippen LogP contribution in [0, 0.1) is 5.82 Å². The molecule has 1 fully saturated rings. The number of carbonyl (C=O) groups is 1. The van der Waals surface area contributed by atoms with Gasteiger partial charge in [-0.3, -0.25) is 4.79 Å². The smallest absolute Gasteiger partial charge is 0.230 e. The van der Waals surface area contributed by atoms with Crippen LogP contribution in [0.3, 0.4) is 0 Å². The van der Waals surface area contributed by atoms with Crippen molar-refractivity contribution in [1.29, 1.82) is 0 Å². The number of hydrogen-bond donors (Lipinski definition) is 1. The Balaban J connectivity index is 1.66. The summed E-state index contributed by atoms with van der Waals surface area (Å²) in [6.45, 7) is 2.10. The van der Waals surface area contributed by atoms with Gasteiger partial charge in [0.05, 0.1) is 13.0 Å². The zero-order chi connectivity index (χ0) is 19.2. The molecule has 1 aromatic heterocycles. The molecule has 0 bridgehead atoms. The molecule has 1 saturated heterocycles. The van der Waals surface area contributed by atoms with E-state index < -0.39 is 0 Å². The average molecular weight is 372 g/mol. The van der Waals surface area contributed by atoms with Gasteiger partial charge in [-0.2, -0.15) is 15.0 Å². The summed E-state index contributed by atoms with van der Waals surface area (Å²) in [6, 6.07) is 5.92. The van der Waals surface area contributed by atoms with E-state index >= 15 is 0 Å². The van der Waals surface area contributed by atoms with Gasteiger partial charge in [0.1, 0.15) is 5.82 Å². The van der Waals surface area contributed by atoms with Crippen LogP contribution in [0.4, 0.5) is 16.3 Å². The Labute approximate surface area is 158 Å². The van der Waals surface area contributed by atoms with Crippen LogP contribution in [0.5, 0.6) is 0 Å². The van der Waals surface area contributed by atoms with Crippen molar-refractivity contribution in [2.45, 2.75) is 32.2 Å². The highest BCUT2D eigenvalue weighted by Gasteiger charge is 2.17. The maximum Gasteiger partial charge on any atom is 0.230 e. The maximum absolute atomic E-state index is 13.0. The first kappa shape index (κ1) is 19.0. The van der Waals surface area contributed by atoms with Gasteiger partial charge in [0.2, 0.25) is 17.8 Å². The van der Waals surface area contributed by atoms with Gasteiger partial charge >= 0.3 is 0 Å². The molecule has 1 aliphatic rings. The molecule has 2 heterocycles. The van der Waals surface area contributed by atoms with Crippen molar-refractivity contribution in [1.82, 2.24) is 20.3 Å². The summed E-state index contributed by atoms with van der Waals surface area (Å²) in [6.07, 6.45) is 3.68. The summed E-state index contributed by atoms with van der Waals surface area (Å²) in [5.41, 5.74) is 0.757. The fourth-order valence-corrected chi connectivity index (χ4v) is 2.94. The number of nitrogens with zero attached hydrogens (tertiary/aromatic N) is 5. The van der Waals surface area contributed by atoms with E-state index in [1.54, 1.807) is 12.1 Å². The second-order valence-electron chi connectivity index (χ2n) is 6.87. The Kier molecular flexibility index (Phi) is 6.16. The minimum atomic E-state index is -0.314. The summed E-state index contributed by atoms with van der Waals surface area (Å²) in [5, 5.41) is 2.84. The molecule has 3 rings (SSSR count). The highest BCUT2D eigenvalue weighted by atomic mass is 19.1. The minimum Gasteiger partial charge on any atom is -0.349 e. The topological polar surface area (TPSA) is 74.2 Å². The zero-order valence-electron chi connectivity index (χ0n) is 15.8. The van der Waals surface area contributed by atoms with Gasteiger partial charge < -0.3 is 15.1 Å². The first-order chi connectivity index (χ1) is 13.0. The van der Waals surface area contributed by atoms with E-state index in [1.807, 2.05) is 19.0 Å². The molecular formula is C19H25FN6O.